The van der Waals surface area contributed by atoms with E-state index in [-0.39, 0.29) is 16.9 Å². The van der Waals surface area contributed by atoms with Crippen LogP contribution in [0.5, 0.6) is 0 Å². The normalized spacial score (nSPS) is 16.7. The molecule has 1 amide bonds. The summed E-state index contributed by atoms with van der Waals surface area (Å²) in [5.41, 5.74) is -0.464. The predicted octanol–water partition coefficient (Wildman–Crippen LogP) is 3.49. The van der Waals surface area contributed by atoms with Crippen molar-refractivity contribution in [3.8, 4) is 0 Å². The van der Waals surface area contributed by atoms with E-state index in [1.165, 1.54) is 0 Å². The number of likely N-dealkylation sites (tertiary alicyclic amines) is 1. The average Bonchev–Trinajstić information content (AvgIpc) is 2.64. The molecule has 7 nitrogen and oxygen atoms in total. The van der Waals surface area contributed by atoms with Gasteiger partial charge in [0.25, 0.3) is 0 Å². The summed E-state index contributed by atoms with van der Waals surface area (Å²) >= 11 is 1.84. The largest absolute Gasteiger partial charge is 0.444 e. The SMILES string of the molecule is CCNC(=NCC(C)(C)SC)N1CCC(OCCCNC(=O)OC(C)(C)C)CC1. The third kappa shape index (κ3) is 11.6. The molecule has 0 aromatic rings. The van der Waals surface area contributed by atoms with Gasteiger partial charge in [-0.25, -0.2) is 4.79 Å². The molecular weight excluding hydrogens is 388 g/mol. The molecule has 0 aromatic heterocycles. The second-order valence-electron chi connectivity index (χ2n) is 8.97. The Morgan fingerprint density at radius 1 is 1.17 bits per heavy atom. The number of ether oxygens (including phenoxy) is 2. The van der Waals surface area contributed by atoms with E-state index in [1.54, 1.807) is 0 Å². The molecule has 1 aliphatic heterocycles. The van der Waals surface area contributed by atoms with Gasteiger partial charge in [0.1, 0.15) is 5.60 Å². The van der Waals surface area contributed by atoms with E-state index in [0.29, 0.717) is 13.2 Å². The van der Waals surface area contributed by atoms with E-state index in [2.05, 4.69) is 42.6 Å². The van der Waals surface area contributed by atoms with Gasteiger partial charge in [-0.2, -0.15) is 11.8 Å². The summed E-state index contributed by atoms with van der Waals surface area (Å²) in [7, 11) is 0. The highest BCUT2D eigenvalue weighted by atomic mass is 32.2. The van der Waals surface area contributed by atoms with Gasteiger partial charge in [0.2, 0.25) is 0 Å². The predicted molar refractivity (Wildman–Crippen MR) is 123 cm³/mol. The molecule has 0 bridgehead atoms. The Hall–Kier alpha value is -1.15. The summed E-state index contributed by atoms with van der Waals surface area (Å²) in [5, 5.41) is 6.19. The van der Waals surface area contributed by atoms with E-state index < -0.39 is 5.60 Å². The maximum Gasteiger partial charge on any atom is 0.407 e. The van der Waals surface area contributed by atoms with E-state index in [4.69, 9.17) is 14.5 Å². The van der Waals surface area contributed by atoms with Gasteiger partial charge < -0.3 is 25.0 Å². The molecule has 0 spiro atoms. The van der Waals surface area contributed by atoms with Gasteiger partial charge in [-0.05, 0) is 67.1 Å². The topological polar surface area (TPSA) is 75.2 Å². The lowest BCUT2D eigenvalue weighted by Crippen LogP contribution is -2.47. The zero-order chi connectivity index (χ0) is 21.9. The van der Waals surface area contributed by atoms with Crippen molar-refractivity contribution in [2.75, 3.05) is 45.6 Å². The lowest BCUT2D eigenvalue weighted by molar-refractivity contribution is 0.0170. The number of piperidine rings is 1. The molecule has 8 heteroatoms. The summed E-state index contributed by atoms with van der Waals surface area (Å²) in [6, 6.07) is 0. The Bertz CT molecular complexity index is 513. The third-order valence-electron chi connectivity index (χ3n) is 4.58. The van der Waals surface area contributed by atoms with Crippen LogP contribution in [-0.4, -0.2) is 79.0 Å². The Morgan fingerprint density at radius 2 is 1.83 bits per heavy atom. The molecule has 0 radical (unpaired) electrons. The molecule has 1 heterocycles. The number of aliphatic imine (C=N–C) groups is 1. The van der Waals surface area contributed by atoms with Crippen LogP contribution in [0.3, 0.4) is 0 Å². The molecule has 0 aromatic carbocycles. The van der Waals surface area contributed by atoms with E-state index >= 15 is 0 Å². The van der Waals surface area contributed by atoms with E-state index in [1.807, 2.05) is 32.5 Å². The Kier molecular flexibility index (Phi) is 11.2. The second-order valence-corrected chi connectivity index (χ2v) is 10.5. The number of carbonyl (C=O) groups excluding carboxylic acids is 1. The maximum atomic E-state index is 11.6. The quantitative estimate of drug-likeness (QED) is 0.331. The van der Waals surface area contributed by atoms with Crippen LogP contribution in [0.2, 0.25) is 0 Å². The number of carbonyl (C=O) groups is 1. The highest BCUT2D eigenvalue weighted by Crippen LogP contribution is 2.21. The van der Waals surface area contributed by atoms with Crippen molar-refractivity contribution in [1.82, 2.24) is 15.5 Å². The number of thioether (sulfide) groups is 1. The smallest absolute Gasteiger partial charge is 0.407 e. The summed E-state index contributed by atoms with van der Waals surface area (Å²) in [5.74, 6) is 1.01. The monoisotopic (exact) mass is 430 g/mol. The number of amides is 1. The summed E-state index contributed by atoms with van der Waals surface area (Å²) < 4.78 is 11.4. The van der Waals surface area contributed by atoms with E-state index in [9.17, 15) is 4.79 Å². The van der Waals surface area contributed by atoms with Crippen molar-refractivity contribution in [3.05, 3.63) is 0 Å². The minimum Gasteiger partial charge on any atom is -0.444 e. The number of alkyl carbamates (subject to hydrolysis) is 1. The van der Waals surface area contributed by atoms with Crippen LogP contribution in [0.15, 0.2) is 4.99 Å². The molecule has 2 N–H and O–H groups in total. The van der Waals surface area contributed by atoms with Gasteiger partial charge in [0, 0.05) is 37.5 Å². The minimum absolute atomic E-state index is 0.148. The van der Waals surface area contributed by atoms with Crippen LogP contribution in [0.1, 0.15) is 60.8 Å². The summed E-state index contributed by atoms with van der Waals surface area (Å²) in [4.78, 5) is 18.8. The molecular formula is C21H42N4O3S. The van der Waals surface area contributed by atoms with Crippen LogP contribution in [-0.2, 0) is 9.47 Å². The molecule has 0 saturated carbocycles. The van der Waals surface area contributed by atoms with Crippen LogP contribution in [0.4, 0.5) is 4.79 Å². The Balaban J connectivity index is 2.29. The minimum atomic E-state index is -0.464. The molecule has 1 rings (SSSR count). The maximum absolute atomic E-state index is 11.6. The molecule has 170 valence electrons. The van der Waals surface area contributed by atoms with Crippen molar-refractivity contribution in [1.29, 1.82) is 0 Å². The first kappa shape index (κ1) is 25.9. The molecule has 1 fully saturated rings. The van der Waals surface area contributed by atoms with Crippen molar-refractivity contribution < 1.29 is 14.3 Å². The first-order chi connectivity index (χ1) is 13.6. The first-order valence-corrected chi connectivity index (χ1v) is 12.0. The molecule has 29 heavy (non-hydrogen) atoms. The van der Waals surface area contributed by atoms with Crippen molar-refractivity contribution in [2.24, 2.45) is 4.99 Å². The number of rotatable bonds is 9. The molecule has 0 aliphatic carbocycles. The second kappa shape index (κ2) is 12.5. The Morgan fingerprint density at radius 3 is 2.38 bits per heavy atom. The fourth-order valence-corrected chi connectivity index (χ4v) is 3.01. The molecule has 0 unspecified atom stereocenters. The number of guanidine groups is 1. The lowest BCUT2D eigenvalue weighted by Gasteiger charge is -2.34. The van der Waals surface area contributed by atoms with Crippen molar-refractivity contribution >= 4 is 23.8 Å². The summed E-state index contributed by atoms with van der Waals surface area (Å²) in [6.07, 6.45) is 4.82. The zero-order valence-corrected chi connectivity index (χ0v) is 20.3. The van der Waals surface area contributed by atoms with Gasteiger partial charge in [-0.1, -0.05) is 0 Å². The average molecular weight is 431 g/mol. The zero-order valence-electron chi connectivity index (χ0n) is 19.5. The van der Waals surface area contributed by atoms with Gasteiger partial charge in [0.05, 0.1) is 12.6 Å². The Labute approximate surface area is 181 Å². The van der Waals surface area contributed by atoms with Crippen LogP contribution < -0.4 is 10.6 Å². The fourth-order valence-electron chi connectivity index (χ4n) is 2.82. The van der Waals surface area contributed by atoms with E-state index in [0.717, 1.165) is 51.4 Å². The molecule has 1 aliphatic rings. The highest BCUT2D eigenvalue weighted by molar-refractivity contribution is 7.99. The third-order valence-corrected chi connectivity index (χ3v) is 5.82. The molecule has 1 saturated heterocycles. The number of nitrogens with zero attached hydrogens (tertiary/aromatic N) is 2. The van der Waals surface area contributed by atoms with Crippen molar-refractivity contribution in [3.63, 3.8) is 0 Å². The van der Waals surface area contributed by atoms with Crippen LogP contribution >= 0.6 is 11.8 Å². The number of nitrogens with one attached hydrogen (secondary N) is 2. The standard InChI is InChI=1S/C21H42N4O3S/c1-8-22-18(24-16-21(5,6)29-7)25-13-10-17(11-14-25)27-15-9-12-23-19(26)28-20(2,3)4/h17H,8-16H2,1-7H3,(H,22,24)(H,23,26). The van der Waals surface area contributed by atoms with Gasteiger partial charge in [-0.3, -0.25) is 4.99 Å². The highest BCUT2D eigenvalue weighted by Gasteiger charge is 2.23. The van der Waals surface area contributed by atoms with Gasteiger partial charge in [0.15, 0.2) is 5.96 Å². The number of hydrogen-bond donors (Lipinski definition) is 2. The fraction of sp³-hybridized carbons (Fsp3) is 0.905. The molecule has 0 atom stereocenters. The summed E-state index contributed by atoms with van der Waals surface area (Å²) in [6.45, 7) is 16.9. The van der Waals surface area contributed by atoms with Gasteiger partial charge >= 0.3 is 6.09 Å². The van der Waals surface area contributed by atoms with Crippen LogP contribution in [0, 0.1) is 0 Å². The lowest BCUT2D eigenvalue weighted by atomic mass is 10.1. The van der Waals surface area contributed by atoms with Crippen LogP contribution in [0.25, 0.3) is 0 Å². The number of hydrogen-bond acceptors (Lipinski definition) is 5. The van der Waals surface area contributed by atoms with Gasteiger partial charge in [-0.15, -0.1) is 0 Å². The van der Waals surface area contributed by atoms with Crippen molar-refractivity contribution in [2.45, 2.75) is 77.3 Å². The first-order valence-electron chi connectivity index (χ1n) is 10.7.